The highest BCUT2D eigenvalue weighted by Gasteiger charge is 2.37. The number of nitrogens with zero attached hydrogens (tertiary/aromatic N) is 4. The summed E-state index contributed by atoms with van der Waals surface area (Å²) < 4.78 is 69.1. The summed E-state index contributed by atoms with van der Waals surface area (Å²) in [4.78, 5) is 35.7. The van der Waals surface area contributed by atoms with E-state index in [1.54, 1.807) is 61.2 Å². The van der Waals surface area contributed by atoms with E-state index in [4.69, 9.17) is 26.1 Å². The van der Waals surface area contributed by atoms with Crippen molar-refractivity contribution in [3.05, 3.63) is 93.2 Å². The first-order valence-corrected chi connectivity index (χ1v) is 15.6. The summed E-state index contributed by atoms with van der Waals surface area (Å²) in [5.41, 5.74) is -2.04. The number of hydrogen-bond donors (Lipinski definition) is 0. The van der Waals surface area contributed by atoms with Crippen LogP contribution in [0.25, 0.3) is 16.6 Å². The second-order valence-corrected chi connectivity index (χ2v) is 12.5. The second kappa shape index (κ2) is 13.9. The van der Waals surface area contributed by atoms with Gasteiger partial charge >= 0.3 is 6.18 Å². The van der Waals surface area contributed by atoms with Gasteiger partial charge in [0, 0.05) is 36.8 Å². The molecule has 47 heavy (non-hydrogen) atoms. The van der Waals surface area contributed by atoms with E-state index in [0.717, 1.165) is 4.57 Å². The van der Waals surface area contributed by atoms with Crippen molar-refractivity contribution in [2.45, 2.75) is 52.6 Å². The lowest BCUT2D eigenvalue weighted by atomic mass is 9.99. The molecule has 1 aromatic heterocycles. The van der Waals surface area contributed by atoms with Crippen molar-refractivity contribution in [3.8, 4) is 17.2 Å². The highest BCUT2D eigenvalue weighted by molar-refractivity contribution is 6.30. The van der Waals surface area contributed by atoms with Gasteiger partial charge in [-0.1, -0.05) is 37.6 Å². The molecule has 2 heterocycles. The van der Waals surface area contributed by atoms with Crippen LogP contribution >= 0.6 is 11.6 Å². The van der Waals surface area contributed by atoms with Gasteiger partial charge < -0.3 is 14.4 Å². The topological polar surface area (TPSA) is 76.9 Å². The minimum atomic E-state index is -5.02. The van der Waals surface area contributed by atoms with Crippen LogP contribution in [0.3, 0.4) is 0 Å². The molecule has 1 amide bonds. The average Bonchev–Trinajstić information content (AvgIpc) is 3.00. The van der Waals surface area contributed by atoms with Gasteiger partial charge in [0.2, 0.25) is 0 Å². The molecule has 1 atom stereocenters. The molecule has 0 N–H and O–H groups in total. The third kappa shape index (κ3) is 7.70. The molecule has 0 bridgehead atoms. The van der Waals surface area contributed by atoms with Crippen LogP contribution in [0.2, 0.25) is 5.02 Å². The van der Waals surface area contributed by atoms with Gasteiger partial charge in [0.15, 0.2) is 6.61 Å². The van der Waals surface area contributed by atoms with E-state index >= 15 is 0 Å². The zero-order chi connectivity index (χ0) is 34.0. The molecular weight excluding hydrogens is 640 g/mol. The molecule has 0 radical (unpaired) electrons. The SMILES string of the molecule is CC(C)Oc1cc(F)c(C(F)(F)F)cc1-n1c(CN2CCN(C(=O)COc3ccc(Cl)cc3)C[C@@H]2C(C)C)nc2ccccc2c1=O. The zero-order valence-electron chi connectivity index (χ0n) is 26.4. The summed E-state index contributed by atoms with van der Waals surface area (Å²) in [6, 6.07) is 14.3. The van der Waals surface area contributed by atoms with Crippen molar-refractivity contribution in [2.24, 2.45) is 5.92 Å². The predicted octanol–water partition coefficient (Wildman–Crippen LogP) is 6.73. The molecule has 4 aromatic rings. The minimum Gasteiger partial charge on any atom is -0.489 e. The predicted molar refractivity (Wildman–Crippen MR) is 171 cm³/mol. The molecule has 1 aliphatic rings. The van der Waals surface area contributed by atoms with Crippen LogP contribution in [0.1, 0.15) is 39.1 Å². The Morgan fingerprint density at radius 1 is 1.04 bits per heavy atom. The lowest BCUT2D eigenvalue weighted by Crippen LogP contribution is -2.57. The molecule has 250 valence electrons. The normalized spacial score (nSPS) is 15.9. The maximum atomic E-state index is 14.8. The van der Waals surface area contributed by atoms with E-state index in [0.29, 0.717) is 48.1 Å². The number of rotatable bonds is 9. The van der Waals surface area contributed by atoms with Crippen molar-refractivity contribution < 1.29 is 31.8 Å². The third-order valence-electron chi connectivity index (χ3n) is 7.98. The second-order valence-electron chi connectivity index (χ2n) is 12.0. The number of para-hydroxylation sites is 1. The Morgan fingerprint density at radius 2 is 1.74 bits per heavy atom. The quantitative estimate of drug-likeness (QED) is 0.183. The van der Waals surface area contributed by atoms with Gasteiger partial charge in [-0.3, -0.25) is 19.1 Å². The van der Waals surface area contributed by atoms with Crippen LogP contribution < -0.4 is 15.0 Å². The summed E-state index contributed by atoms with van der Waals surface area (Å²) in [5.74, 6) is -1.22. The Morgan fingerprint density at radius 3 is 2.40 bits per heavy atom. The Labute approximate surface area is 274 Å². The largest absolute Gasteiger partial charge is 0.489 e. The first kappa shape index (κ1) is 34.2. The van der Waals surface area contributed by atoms with Crippen molar-refractivity contribution in [3.63, 3.8) is 0 Å². The van der Waals surface area contributed by atoms with Gasteiger partial charge in [0.05, 0.1) is 34.8 Å². The van der Waals surface area contributed by atoms with Gasteiger partial charge in [-0.05, 0) is 62.2 Å². The van der Waals surface area contributed by atoms with Gasteiger partial charge in [0.25, 0.3) is 11.5 Å². The van der Waals surface area contributed by atoms with Crippen LogP contribution in [-0.4, -0.2) is 63.6 Å². The van der Waals surface area contributed by atoms with E-state index < -0.39 is 29.2 Å². The van der Waals surface area contributed by atoms with Crippen LogP contribution in [-0.2, 0) is 17.5 Å². The molecule has 0 unspecified atom stereocenters. The lowest BCUT2D eigenvalue weighted by molar-refractivity contribution is -0.140. The van der Waals surface area contributed by atoms with Crippen molar-refractivity contribution in [1.82, 2.24) is 19.4 Å². The van der Waals surface area contributed by atoms with E-state index in [9.17, 15) is 27.2 Å². The summed E-state index contributed by atoms with van der Waals surface area (Å²) in [6.07, 6.45) is -5.55. The Bertz CT molecular complexity index is 1810. The third-order valence-corrected chi connectivity index (χ3v) is 8.23. The first-order chi connectivity index (χ1) is 22.2. The van der Waals surface area contributed by atoms with Gasteiger partial charge in [-0.15, -0.1) is 0 Å². The first-order valence-electron chi connectivity index (χ1n) is 15.2. The molecule has 1 saturated heterocycles. The molecule has 0 saturated carbocycles. The number of carbonyl (C=O) groups is 1. The lowest BCUT2D eigenvalue weighted by Gasteiger charge is -2.43. The number of aromatic nitrogens is 2. The average molecular weight is 675 g/mol. The molecular formula is C34H35ClF4N4O4. The molecule has 0 aliphatic carbocycles. The molecule has 3 aromatic carbocycles. The van der Waals surface area contributed by atoms with Crippen molar-refractivity contribution >= 4 is 28.4 Å². The Balaban J connectivity index is 1.51. The van der Waals surface area contributed by atoms with Gasteiger partial charge in [-0.2, -0.15) is 13.2 Å². The summed E-state index contributed by atoms with van der Waals surface area (Å²) in [7, 11) is 0. The highest BCUT2D eigenvalue weighted by Crippen LogP contribution is 2.37. The number of halogens is 5. The zero-order valence-corrected chi connectivity index (χ0v) is 27.1. The molecule has 1 aliphatic heterocycles. The fourth-order valence-corrected chi connectivity index (χ4v) is 5.79. The number of ether oxygens (including phenoxy) is 2. The van der Waals surface area contributed by atoms with E-state index in [1.807, 2.05) is 13.8 Å². The Hall–Kier alpha value is -4.16. The van der Waals surface area contributed by atoms with Crippen LogP contribution in [0.15, 0.2) is 65.5 Å². The fourth-order valence-electron chi connectivity index (χ4n) is 5.67. The van der Waals surface area contributed by atoms with E-state index in [1.165, 1.54) is 6.07 Å². The molecule has 13 heteroatoms. The number of carbonyl (C=O) groups excluding carboxylic acids is 1. The van der Waals surface area contributed by atoms with Crippen LogP contribution in [0, 0.1) is 11.7 Å². The highest BCUT2D eigenvalue weighted by atomic mass is 35.5. The summed E-state index contributed by atoms with van der Waals surface area (Å²) >= 11 is 5.93. The van der Waals surface area contributed by atoms with Crippen molar-refractivity contribution in [1.29, 1.82) is 0 Å². The molecule has 5 rings (SSSR count). The molecule has 0 spiro atoms. The number of amides is 1. The summed E-state index contributed by atoms with van der Waals surface area (Å²) in [6.45, 7) is 8.29. The van der Waals surface area contributed by atoms with Crippen LogP contribution in [0.4, 0.5) is 17.6 Å². The smallest absolute Gasteiger partial charge is 0.419 e. The standard InChI is InChI=1S/C34H35ClF4N4O4/c1-20(2)29-17-42(32(44)19-46-23-11-9-22(35)10-12-23)14-13-41(29)18-31-40-27-8-6-5-7-24(27)33(45)43(31)28-15-25(34(37,38)39)26(36)16-30(28)47-21(3)4/h5-12,15-16,20-21,29H,13-14,17-19H2,1-4H3/t29-/m1/s1. The number of hydrogen-bond acceptors (Lipinski definition) is 6. The van der Waals surface area contributed by atoms with Gasteiger partial charge in [-0.25, -0.2) is 9.37 Å². The van der Waals surface area contributed by atoms with Gasteiger partial charge in [0.1, 0.15) is 23.1 Å². The fraction of sp³-hybridized carbons (Fsp3) is 0.382. The molecule has 8 nitrogen and oxygen atoms in total. The number of alkyl halides is 3. The summed E-state index contributed by atoms with van der Waals surface area (Å²) in [5, 5.41) is 0.732. The van der Waals surface area contributed by atoms with E-state index in [-0.39, 0.29) is 53.7 Å². The monoisotopic (exact) mass is 674 g/mol. The number of piperazine rings is 1. The Kier molecular flexibility index (Phi) is 10.1. The molecule has 1 fully saturated rings. The number of fused-ring (bicyclic) bond motifs is 1. The van der Waals surface area contributed by atoms with Crippen LogP contribution in [0.5, 0.6) is 11.5 Å². The number of benzene rings is 3. The maximum absolute atomic E-state index is 14.8. The van der Waals surface area contributed by atoms with Crippen molar-refractivity contribution in [2.75, 3.05) is 26.2 Å². The van der Waals surface area contributed by atoms with E-state index in [2.05, 4.69) is 4.90 Å². The minimum absolute atomic E-state index is 0.0471. The maximum Gasteiger partial charge on any atom is 0.419 e.